The first-order valence-electron chi connectivity index (χ1n) is 12.5. The molecule has 4 heterocycles. The summed E-state index contributed by atoms with van der Waals surface area (Å²) < 4.78 is 9.15. The highest BCUT2D eigenvalue weighted by molar-refractivity contribution is 6.42. The summed E-state index contributed by atoms with van der Waals surface area (Å²) in [6.45, 7) is 9.81. The Bertz CT molecular complexity index is 1480. The zero-order chi connectivity index (χ0) is 25.4. The topological polar surface area (TPSA) is 70.3 Å². The van der Waals surface area contributed by atoms with E-state index in [9.17, 15) is 4.79 Å². The fourth-order valence-corrected chi connectivity index (χ4v) is 5.62. The maximum absolute atomic E-state index is 13.6. The summed E-state index contributed by atoms with van der Waals surface area (Å²) in [5, 5.41) is 1.20. The smallest absolute Gasteiger partial charge is 0.277 e. The van der Waals surface area contributed by atoms with Gasteiger partial charge >= 0.3 is 0 Å². The SMILES string of the molecule is CCc1nc(C)c2c(=O)n(CCC[NH+]3CC[NH+](c4ccc(Cl)c(Cl)c4)CC3)c3ccc(OC)nc3n12.[Cl-].[Cl-]. The number of nitrogens with zero attached hydrogens (tertiary/aromatic N) is 4. The van der Waals surface area contributed by atoms with Gasteiger partial charge in [0.05, 0.1) is 34.9 Å². The van der Waals surface area contributed by atoms with Crippen LogP contribution in [0.3, 0.4) is 0 Å². The summed E-state index contributed by atoms with van der Waals surface area (Å²) >= 11 is 12.3. The molecule has 0 atom stereocenters. The molecule has 0 unspecified atom stereocenters. The van der Waals surface area contributed by atoms with Crippen molar-refractivity contribution in [1.29, 1.82) is 0 Å². The third kappa shape index (κ3) is 5.76. The molecular formula is C26H32Cl4N6O2. The van der Waals surface area contributed by atoms with E-state index in [4.69, 9.17) is 32.9 Å². The predicted molar refractivity (Wildman–Crippen MR) is 142 cm³/mol. The van der Waals surface area contributed by atoms with Crippen molar-refractivity contribution < 1.29 is 39.4 Å². The molecule has 1 aliphatic rings. The minimum Gasteiger partial charge on any atom is -1.00 e. The highest BCUT2D eigenvalue weighted by atomic mass is 35.5. The van der Waals surface area contributed by atoms with Crippen molar-refractivity contribution in [3.63, 3.8) is 0 Å². The van der Waals surface area contributed by atoms with Crippen LogP contribution in [0.15, 0.2) is 35.1 Å². The Balaban J connectivity index is 0.00000200. The zero-order valence-corrected chi connectivity index (χ0v) is 24.7. The molecule has 1 aliphatic heterocycles. The molecule has 12 heteroatoms. The first-order chi connectivity index (χ1) is 17.4. The van der Waals surface area contributed by atoms with E-state index in [0.29, 0.717) is 40.1 Å². The van der Waals surface area contributed by atoms with Crippen molar-refractivity contribution in [2.45, 2.75) is 33.2 Å². The summed E-state index contributed by atoms with van der Waals surface area (Å²) in [4.78, 5) is 26.0. The lowest BCUT2D eigenvalue weighted by molar-refractivity contribution is -0.986. The monoisotopic (exact) mass is 600 g/mol. The Morgan fingerprint density at radius 3 is 2.42 bits per heavy atom. The van der Waals surface area contributed by atoms with Crippen LogP contribution in [0.4, 0.5) is 5.69 Å². The molecule has 0 amide bonds. The van der Waals surface area contributed by atoms with E-state index < -0.39 is 0 Å². The van der Waals surface area contributed by atoms with Gasteiger partial charge in [0.2, 0.25) is 5.88 Å². The van der Waals surface area contributed by atoms with E-state index in [1.165, 1.54) is 10.6 Å². The number of methoxy groups -OCH3 is 1. The summed E-state index contributed by atoms with van der Waals surface area (Å²) in [6.07, 6.45) is 1.62. The number of quaternary nitrogens is 2. The lowest BCUT2D eigenvalue weighted by Gasteiger charge is -2.29. The maximum Gasteiger partial charge on any atom is 0.277 e. The summed E-state index contributed by atoms with van der Waals surface area (Å²) in [6, 6.07) is 9.66. The second kappa shape index (κ2) is 12.9. The van der Waals surface area contributed by atoms with Crippen molar-refractivity contribution in [1.82, 2.24) is 18.9 Å². The van der Waals surface area contributed by atoms with Gasteiger partial charge in [-0.2, -0.15) is 4.98 Å². The largest absolute Gasteiger partial charge is 1.00 e. The van der Waals surface area contributed by atoms with Gasteiger partial charge in [-0.15, -0.1) is 0 Å². The van der Waals surface area contributed by atoms with Crippen LogP contribution in [0, 0.1) is 6.92 Å². The van der Waals surface area contributed by atoms with Gasteiger partial charge in [0.1, 0.15) is 43.2 Å². The Morgan fingerprint density at radius 1 is 1.03 bits per heavy atom. The minimum absolute atomic E-state index is 0. The number of halogens is 4. The predicted octanol–water partition coefficient (Wildman–Crippen LogP) is -4.26. The van der Waals surface area contributed by atoms with Gasteiger partial charge in [0, 0.05) is 37.6 Å². The lowest BCUT2D eigenvalue weighted by atomic mass is 10.2. The lowest BCUT2D eigenvalue weighted by Crippen LogP contribution is -3.26. The van der Waals surface area contributed by atoms with Crippen molar-refractivity contribution in [2.24, 2.45) is 0 Å². The standard InChI is InChI=1S/C26H30Cl2N6O2.2ClH/c1-4-22-29-17(2)24-26(35)33(21-8-9-23(36-3)30-25(21)34(22)24)11-5-10-31-12-14-32(15-13-31)18-6-7-19(27)20(28)16-18;;/h6-9,16H,4-5,10-15H2,1-3H3;2*1H. The molecule has 1 saturated heterocycles. The van der Waals surface area contributed by atoms with Crippen LogP contribution in [-0.4, -0.2) is 58.8 Å². The molecule has 3 aromatic heterocycles. The average Bonchev–Trinajstić information content (AvgIpc) is 3.24. The highest BCUT2D eigenvalue weighted by Gasteiger charge is 2.25. The molecule has 0 saturated carbocycles. The molecule has 1 aromatic carbocycles. The quantitative estimate of drug-likeness (QED) is 0.225. The van der Waals surface area contributed by atoms with Gasteiger partial charge in [-0.05, 0) is 19.1 Å². The number of nitrogens with one attached hydrogen (secondary N) is 2. The number of imidazole rings is 1. The number of hydrogen-bond donors (Lipinski definition) is 2. The van der Waals surface area contributed by atoms with Gasteiger partial charge in [0.15, 0.2) is 5.65 Å². The van der Waals surface area contributed by atoms with E-state index in [1.807, 2.05) is 47.1 Å². The molecule has 1 fully saturated rings. The van der Waals surface area contributed by atoms with Crippen LogP contribution >= 0.6 is 23.2 Å². The Hall–Kier alpha value is -2.07. The Labute approximate surface area is 244 Å². The molecule has 5 rings (SSSR count). The van der Waals surface area contributed by atoms with Crippen LogP contribution in [0.5, 0.6) is 5.88 Å². The molecule has 2 N–H and O–H groups in total. The van der Waals surface area contributed by atoms with Crippen LogP contribution in [-0.2, 0) is 13.0 Å². The fourth-order valence-electron chi connectivity index (χ4n) is 5.32. The number of hydrogen-bond acceptors (Lipinski definition) is 4. The third-order valence-corrected chi connectivity index (χ3v) is 7.97. The number of aryl methyl sites for hydroxylation is 3. The van der Waals surface area contributed by atoms with Crippen LogP contribution in [0.1, 0.15) is 24.9 Å². The van der Waals surface area contributed by atoms with Gasteiger partial charge in [0.25, 0.3) is 5.56 Å². The van der Waals surface area contributed by atoms with E-state index in [2.05, 4.69) is 11.1 Å². The number of fused-ring (bicyclic) bond motifs is 3. The zero-order valence-electron chi connectivity index (χ0n) is 21.7. The van der Waals surface area contributed by atoms with Crippen molar-refractivity contribution >= 4 is 45.6 Å². The number of rotatable bonds is 7. The number of benzene rings is 1. The number of aromatic nitrogens is 4. The fraction of sp³-hybridized carbons (Fsp3) is 0.423. The van der Waals surface area contributed by atoms with E-state index in [-0.39, 0.29) is 30.4 Å². The molecule has 0 bridgehead atoms. The Kier molecular flexibility index (Phi) is 10.3. The Morgan fingerprint density at radius 2 is 1.76 bits per heavy atom. The average molecular weight is 602 g/mol. The maximum atomic E-state index is 13.6. The van der Waals surface area contributed by atoms with Crippen molar-refractivity contribution in [3.8, 4) is 5.88 Å². The van der Waals surface area contributed by atoms with E-state index in [1.54, 1.807) is 12.0 Å². The number of piperazine rings is 1. The van der Waals surface area contributed by atoms with E-state index >= 15 is 0 Å². The first-order valence-corrected chi connectivity index (χ1v) is 13.3. The summed E-state index contributed by atoms with van der Waals surface area (Å²) in [5.41, 5.74) is 4.05. The third-order valence-electron chi connectivity index (χ3n) is 7.23. The van der Waals surface area contributed by atoms with Gasteiger partial charge in [-0.3, -0.25) is 14.1 Å². The van der Waals surface area contributed by atoms with Crippen LogP contribution < -0.4 is 44.9 Å². The summed E-state index contributed by atoms with van der Waals surface area (Å²) in [5.74, 6) is 1.36. The summed E-state index contributed by atoms with van der Waals surface area (Å²) in [7, 11) is 1.60. The molecule has 0 radical (unpaired) electrons. The molecule has 0 spiro atoms. The van der Waals surface area contributed by atoms with Gasteiger partial charge in [-0.25, -0.2) is 4.98 Å². The van der Waals surface area contributed by atoms with Crippen molar-refractivity contribution in [2.75, 3.05) is 39.8 Å². The van der Waals surface area contributed by atoms with Crippen LogP contribution in [0.25, 0.3) is 16.7 Å². The van der Waals surface area contributed by atoms with Crippen LogP contribution in [0.2, 0.25) is 10.0 Å². The number of ether oxygens (including phenoxy) is 1. The minimum atomic E-state index is -0.0111. The second-order valence-corrected chi connectivity index (χ2v) is 10.2. The number of pyridine rings is 1. The molecule has 8 nitrogen and oxygen atoms in total. The molecular weight excluding hydrogens is 570 g/mol. The highest BCUT2D eigenvalue weighted by Crippen LogP contribution is 2.23. The molecule has 38 heavy (non-hydrogen) atoms. The van der Waals surface area contributed by atoms with Crippen molar-refractivity contribution in [3.05, 3.63) is 62.2 Å². The molecule has 206 valence electrons. The van der Waals surface area contributed by atoms with Gasteiger partial charge in [-0.1, -0.05) is 30.1 Å². The molecule has 0 aliphatic carbocycles. The van der Waals surface area contributed by atoms with E-state index in [0.717, 1.165) is 56.2 Å². The van der Waals surface area contributed by atoms with Gasteiger partial charge < -0.3 is 39.0 Å². The molecule has 4 aromatic rings. The normalized spacial score (nSPS) is 17.3. The first kappa shape index (κ1) is 30.5. The second-order valence-electron chi connectivity index (χ2n) is 9.39.